The zero-order valence-corrected chi connectivity index (χ0v) is 14.3. The van der Waals surface area contributed by atoms with E-state index in [1.807, 2.05) is 30.3 Å². The van der Waals surface area contributed by atoms with Crippen LogP contribution in [0.3, 0.4) is 0 Å². The second-order valence-corrected chi connectivity index (χ2v) is 6.85. The molecule has 122 valence electrons. The molecule has 0 aliphatic heterocycles. The van der Waals surface area contributed by atoms with E-state index in [1.165, 1.54) is 37.8 Å². The van der Waals surface area contributed by atoms with Crippen LogP contribution in [0.2, 0.25) is 0 Å². The Labute approximate surface area is 143 Å². The van der Waals surface area contributed by atoms with E-state index in [2.05, 4.69) is 10.6 Å². The maximum Gasteiger partial charge on any atom is 0.256 e. The highest BCUT2D eigenvalue weighted by Gasteiger charge is 2.22. The number of carbonyl (C=O) groups is 1. The van der Waals surface area contributed by atoms with Crippen LogP contribution in [0.4, 0.5) is 0 Å². The molecule has 2 aliphatic carbocycles. The number of allylic oxidation sites excluding steroid dienone is 1. The molecule has 0 bridgehead atoms. The third-order valence-electron chi connectivity index (χ3n) is 4.74. The second-order valence-electron chi connectivity index (χ2n) is 6.44. The molecule has 23 heavy (non-hydrogen) atoms. The van der Waals surface area contributed by atoms with Crippen molar-refractivity contribution in [1.29, 1.82) is 0 Å². The fourth-order valence-electron chi connectivity index (χ4n) is 3.49. The Morgan fingerprint density at radius 3 is 2.48 bits per heavy atom. The van der Waals surface area contributed by atoms with Gasteiger partial charge in [-0.2, -0.15) is 0 Å². The Morgan fingerprint density at radius 2 is 1.74 bits per heavy atom. The minimum atomic E-state index is -0.119. The van der Waals surface area contributed by atoms with Crippen molar-refractivity contribution in [2.75, 3.05) is 0 Å². The molecule has 1 amide bonds. The molecule has 3 nitrogen and oxygen atoms in total. The third-order valence-corrected chi connectivity index (χ3v) is 5.09. The molecular formula is C19H24N2OS. The summed E-state index contributed by atoms with van der Waals surface area (Å²) in [6.45, 7) is 0. The van der Waals surface area contributed by atoms with E-state index in [9.17, 15) is 4.79 Å². The highest BCUT2D eigenvalue weighted by atomic mass is 32.1. The Morgan fingerprint density at radius 1 is 1.00 bits per heavy atom. The summed E-state index contributed by atoms with van der Waals surface area (Å²) < 4.78 is 0. The van der Waals surface area contributed by atoms with E-state index in [-0.39, 0.29) is 5.91 Å². The van der Waals surface area contributed by atoms with Gasteiger partial charge in [-0.25, -0.2) is 0 Å². The van der Waals surface area contributed by atoms with E-state index in [0.717, 1.165) is 24.8 Å². The summed E-state index contributed by atoms with van der Waals surface area (Å²) in [6.07, 6.45) is 9.61. The first-order chi connectivity index (χ1) is 11.2. The van der Waals surface area contributed by atoms with Gasteiger partial charge in [0, 0.05) is 22.9 Å². The average molecular weight is 328 g/mol. The van der Waals surface area contributed by atoms with Gasteiger partial charge in [-0.05, 0) is 44.2 Å². The highest BCUT2D eigenvalue weighted by molar-refractivity contribution is 7.80. The summed E-state index contributed by atoms with van der Waals surface area (Å²) >= 11 is 5.50. The van der Waals surface area contributed by atoms with Crippen molar-refractivity contribution < 1.29 is 4.79 Å². The number of hydrogen-bond donors (Lipinski definition) is 2. The Balaban J connectivity index is 1.64. The molecule has 0 saturated heterocycles. The molecule has 3 rings (SSSR count). The van der Waals surface area contributed by atoms with Crippen LogP contribution in [0.1, 0.15) is 61.7 Å². The Hall–Kier alpha value is -1.68. The normalized spacial score (nSPS) is 18.8. The van der Waals surface area contributed by atoms with Crippen LogP contribution >= 0.6 is 12.2 Å². The van der Waals surface area contributed by atoms with E-state index < -0.39 is 0 Å². The summed E-state index contributed by atoms with van der Waals surface area (Å²) in [4.78, 5) is 12.9. The van der Waals surface area contributed by atoms with Gasteiger partial charge >= 0.3 is 0 Å². The maximum absolute atomic E-state index is 12.3. The van der Waals surface area contributed by atoms with Crippen LogP contribution in [-0.2, 0) is 0 Å². The summed E-state index contributed by atoms with van der Waals surface area (Å²) in [5.41, 5.74) is 3.04. The topological polar surface area (TPSA) is 41.1 Å². The molecule has 0 heterocycles. The largest absolute Gasteiger partial charge is 0.385 e. The van der Waals surface area contributed by atoms with Gasteiger partial charge in [0.1, 0.15) is 4.99 Å². The number of nitrogens with one attached hydrogen (secondary N) is 2. The molecular weight excluding hydrogens is 304 g/mol. The molecule has 0 unspecified atom stereocenters. The number of thiocarbonyl (C=S) groups is 1. The molecule has 1 aromatic carbocycles. The molecule has 0 radical (unpaired) electrons. The minimum absolute atomic E-state index is 0.119. The standard InChI is InChI=1S/C19H24N2OS/c22-18(14-8-3-1-4-9-14)21-19(23)16-12-7-13-17(16)20-15-10-5-2-6-11-15/h1,3-4,8-9,15,20H,2,5-7,10-13H2,(H,21,22,23). The monoisotopic (exact) mass is 328 g/mol. The number of rotatable bonds is 4. The molecule has 4 heteroatoms. The molecule has 1 fully saturated rings. The van der Waals surface area contributed by atoms with Gasteiger partial charge in [-0.1, -0.05) is 49.7 Å². The summed E-state index contributed by atoms with van der Waals surface area (Å²) in [5, 5.41) is 6.60. The van der Waals surface area contributed by atoms with Crippen molar-refractivity contribution in [2.45, 2.75) is 57.4 Å². The lowest BCUT2D eigenvalue weighted by Gasteiger charge is -2.25. The summed E-state index contributed by atoms with van der Waals surface area (Å²) in [5.74, 6) is -0.119. The van der Waals surface area contributed by atoms with Gasteiger partial charge in [0.2, 0.25) is 0 Å². The second kappa shape index (κ2) is 7.73. The molecule has 2 aliphatic rings. The fourth-order valence-corrected chi connectivity index (χ4v) is 3.81. The third kappa shape index (κ3) is 4.20. The van der Waals surface area contributed by atoms with Crippen LogP contribution in [0.5, 0.6) is 0 Å². The van der Waals surface area contributed by atoms with Crippen LogP contribution in [0.25, 0.3) is 0 Å². The van der Waals surface area contributed by atoms with Crippen molar-refractivity contribution in [3.05, 3.63) is 47.2 Å². The lowest BCUT2D eigenvalue weighted by Crippen LogP contribution is -2.34. The molecule has 1 saturated carbocycles. The number of amides is 1. The van der Waals surface area contributed by atoms with E-state index in [0.29, 0.717) is 16.6 Å². The number of carbonyl (C=O) groups excluding carboxylic acids is 1. The van der Waals surface area contributed by atoms with Gasteiger partial charge in [0.15, 0.2) is 0 Å². The van der Waals surface area contributed by atoms with Crippen molar-refractivity contribution in [1.82, 2.24) is 10.6 Å². The van der Waals surface area contributed by atoms with E-state index in [4.69, 9.17) is 12.2 Å². The lowest BCUT2D eigenvalue weighted by atomic mass is 9.95. The molecule has 0 spiro atoms. The predicted octanol–water partition coefficient (Wildman–Crippen LogP) is 4.10. The van der Waals surface area contributed by atoms with Crippen LogP contribution < -0.4 is 10.6 Å². The zero-order chi connectivity index (χ0) is 16.1. The van der Waals surface area contributed by atoms with Crippen LogP contribution in [-0.4, -0.2) is 16.9 Å². The molecule has 1 aromatic rings. The van der Waals surface area contributed by atoms with Crippen molar-refractivity contribution in [3.8, 4) is 0 Å². The van der Waals surface area contributed by atoms with Crippen molar-refractivity contribution in [3.63, 3.8) is 0 Å². The molecule has 0 aromatic heterocycles. The van der Waals surface area contributed by atoms with Crippen LogP contribution in [0.15, 0.2) is 41.6 Å². The number of benzene rings is 1. The Kier molecular flexibility index (Phi) is 5.44. The van der Waals surface area contributed by atoms with E-state index in [1.54, 1.807) is 0 Å². The fraction of sp³-hybridized carbons (Fsp3) is 0.474. The van der Waals surface area contributed by atoms with Gasteiger partial charge in [-0.15, -0.1) is 0 Å². The average Bonchev–Trinajstić information content (AvgIpc) is 3.05. The van der Waals surface area contributed by atoms with Gasteiger partial charge in [-0.3, -0.25) is 4.79 Å². The SMILES string of the molecule is O=C(NC(=S)C1=C(NC2CCCCC2)CCC1)c1ccccc1. The summed E-state index contributed by atoms with van der Waals surface area (Å²) in [6, 6.07) is 9.83. The first-order valence-corrected chi connectivity index (χ1v) is 9.04. The lowest BCUT2D eigenvalue weighted by molar-refractivity contribution is 0.0978. The van der Waals surface area contributed by atoms with Gasteiger partial charge in [0.05, 0.1) is 0 Å². The van der Waals surface area contributed by atoms with Gasteiger partial charge < -0.3 is 10.6 Å². The van der Waals surface area contributed by atoms with Gasteiger partial charge in [0.25, 0.3) is 5.91 Å². The highest BCUT2D eigenvalue weighted by Crippen LogP contribution is 2.27. The zero-order valence-electron chi connectivity index (χ0n) is 13.4. The first-order valence-electron chi connectivity index (χ1n) is 8.63. The minimum Gasteiger partial charge on any atom is -0.385 e. The summed E-state index contributed by atoms with van der Waals surface area (Å²) in [7, 11) is 0. The van der Waals surface area contributed by atoms with E-state index >= 15 is 0 Å². The Bertz CT molecular complexity index is 603. The number of hydrogen-bond acceptors (Lipinski definition) is 3. The molecule has 2 N–H and O–H groups in total. The predicted molar refractivity (Wildman–Crippen MR) is 97.4 cm³/mol. The quantitative estimate of drug-likeness (QED) is 0.818. The maximum atomic E-state index is 12.3. The van der Waals surface area contributed by atoms with Crippen molar-refractivity contribution >= 4 is 23.1 Å². The molecule has 0 atom stereocenters. The first kappa shape index (κ1) is 16.2. The van der Waals surface area contributed by atoms with Crippen LogP contribution in [0, 0.1) is 0 Å². The van der Waals surface area contributed by atoms with Crippen molar-refractivity contribution in [2.24, 2.45) is 0 Å². The smallest absolute Gasteiger partial charge is 0.256 e.